The third kappa shape index (κ3) is 3.33. The highest BCUT2D eigenvalue weighted by Crippen LogP contribution is 2.22. The van der Waals surface area contributed by atoms with Crippen molar-refractivity contribution in [2.75, 3.05) is 0 Å². The summed E-state index contributed by atoms with van der Waals surface area (Å²) in [5.41, 5.74) is 1.10. The molecule has 0 radical (unpaired) electrons. The summed E-state index contributed by atoms with van der Waals surface area (Å²) in [5.74, 6) is 0.983. The predicted molar refractivity (Wildman–Crippen MR) is 55.6 cm³/mol. The van der Waals surface area contributed by atoms with E-state index in [0.717, 1.165) is 24.8 Å². The molecule has 1 aliphatic carbocycles. The lowest BCUT2D eigenvalue weighted by atomic mass is 9.90. The average Bonchev–Trinajstić information content (AvgIpc) is 2.09. The van der Waals surface area contributed by atoms with Gasteiger partial charge in [-0.15, -0.1) is 0 Å². The summed E-state index contributed by atoms with van der Waals surface area (Å²) in [4.78, 5) is 11.5. The van der Waals surface area contributed by atoms with Gasteiger partial charge < -0.3 is 0 Å². The highest BCUT2D eigenvalue weighted by Gasteiger charge is 2.15. The van der Waals surface area contributed by atoms with Crippen LogP contribution in [0.1, 0.15) is 52.4 Å². The normalized spacial score (nSPS) is 23.5. The molecule has 0 bridgehead atoms. The fraction of sp³-hybridized carbons (Fsp3) is 0.750. The van der Waals surface area contributed by atoms with Crippen molar-refractivity contribution in [1.82, 2.24) is 0 Å². The van der Waals surface area contributed by atoms with Crippen LogP contribution in [0.5, 0.6) is 0 Å². The van der Waals surface area contributed by atoms with Gasteiger partial charge in [0.2, 0.25) is 0 Å². The van der Waals surface area contributed by atoms with Crippen molar-refractivity contribution in [3.8, 4) is 0 Å². The summed E-state index contributed by atoms with van der Waals surface area (Å²) in [6.45, 7) is 4.40. The number of Topliss-reactive ketones (excluding diaryl/α,β-unsaturated/α-hetero) is 1. The number of carbonyl (C=O) groups is 1. The molecule has 74 valence electrons. The lowest BCUT2D eigenvalue weighted by molar-refractivity contribution is -0.116. The third-order valence-corrected chi connectivity index (χ3v) is 2.69. The van der Waals surface area contributed by atoms with Crippen LogP contribution in [-0.2, 0) is 4.79 Å². The van der Waals surface area contributed by atoms with Gasteiger partial charge in [0.25, 0.3) is 0 Å². The maximum absolute atomic E-state index is 11.5. The third-order valence-electron chi connectivity index (χ3n) is 2.69. The fourth-order valence-electron chi connectivity index (χ4n) is 1.96. The molecule has 13 heavy (non-hydrogen) atoms. The minimum atomic E-state index is 0.397. The molecule has 0 aliphatic heterocycles. The van der Waals surface area contributed by atoms with E-state index < -0.39 is 0 Å². The van der Waals surface area contributed by atoms with Gasteiger partial charge in [0.1, 0.15) is 0 Å². The maximum Gasteiger partial charge on any atom is 0.158 e. The Kier molecular flexibility index (Phi) is 4.20. The number of allylic oxidation sites excluding steroid dienone is 2. The van der Waals surface area contributed by atoms with E-state index in [1.165, 1.54) is 19.3 Å². The monoisotopic (exact) mass is 180 g/mol. The summed E-state index contributed by atoms with van der Waals surface area (Å²) in [5, 5.41) is 0. The Hall–Kier alpha value is -0.590. The molecule has 0 spiro atoms. The SMILES string of the molecule is CCCC(C)C=C1CCCCC1=O. The van der Waals surface area contributed by atoms with Crippen molar-refractivity contribution in [3.63, 3.8) is 0 Å². The first-order valence-corrected chi connectivity index (χ1v) is 5.48. The maximum atomic E-state index is 11.5. The first-order valence-electron chi connectivity index (χ1n) is 5.48. The van der Waals surface area contributed by atoms with Crippen LogP contribution in [0.25, 0.3) is 0 Å². The Labute approximate surface area is 81.2 Å². The van der Waals surface area contributed by atoms with Crippen LogP contribution in [0, 0.1) is 5.92 Å². The first-order chi connectivity index (χ1) is 6.24. The molecular formula is C12H20O. The molecule has 1 saturated carbocycles. The number of hydrogen-bond acceptors (Lipinski definition) is 1. The molecule has 0 saturated heterocycles. The second-order valence-corrected chi connectivity index (χ2v) is 4.09. The highest BCUT2D eigenvalue weighted by molar-refractivity contribution is 5.95. The summed E-state index contributed by atoms with van der Waals surface area (Å²) in [6.07, 6.45) is 8.72. The van der Waals surface area contributed by atoms with Gasteiger partial charge in [-0.05, 0) is 37.2 Å². The lowest BCUT2D eigenvalue weighted by Crippen LogP contribution is -2.09. The van der Waals surface area contributed by atoms with E-state index in [-0.39, 0.29) is 0 Å². The smallest absolute Gasteiger partial charge is 0.158 e. The Balaban J connectivity index is 2.51. The Morgan fingerprint density at radius 2 is 2.08 bits per heavy atom. The van der Waals surface area contributed by atoms with E-state index >= 15 is 0 Å². The van der Waals surface area contributed by atoms with Crippen LogP contribution in [0.3, 0.4) is 0 Å². The number of rotatable bonds is 3. The van der Waals surface area contributed by atoms with Gasteiger partial charge in [0.15, 0.2) is 5.78 Å². The Bertz CT molecular complexity index is 203. The quantitative estimate of drug-likeness (QED) is 0.607. The zero-order valence-corrected chi connectivity index (χ0v) is 8.81. The summed E-state index contributed by atoms with van der Waals surface area (Å²) in [7, 11) is 0. The molecule has 0 aromatic heterocycles. The van der Waals surface area contributed by atoms with Crippen molar-refractivity contribution in [2.24, 2.45) is 5.92 Å². The van der Waals surface area contributed by atoms with Gasteiger partial charge in [0.05, 0.1) is 0 Å². The van der Waals surface area contributed by atoms with Crippen LogP contribution >= 0.6 is 0 Å². The van der Waals surface area contributed by atoms with Crippen molar-refractivity contribution in [2.45, 2.75) is 52.4 Å². The van der Waals surface area contributed by atoms with Gasteiger partial charge in [-0.3, -0.25) is 4.79 Å². The first kappa shape index (κ1) is 10.5. The van der Waals surface area contributed by atoms with Crippen molar-refractivity contribution in [1.29, 1.82) is 0 Å². The van der Waals surface area contributed by atoms with Gasteiger partial charge in [-0.25, -0.2) is 0 Å². The molecule has 0 amide bonds. The molecule has 1 heteroatoms. The second kappa shape index (κ2) is 5.21. The number of hydrogen-bond donors (Lipinski definition) is 0. The van der Waals surface area contributed by atoms with Gasteiger partial charge in [-0.2, -0.15) is 0 Å². The van der Waals surface area contributed by atoms with Crippen molar-refractivity contribution >= 4 is 5.78 Å². The molecule has 1 unspecified atom stereocenters. The largest absolute Gasteiger partial charge is 0.295 e. The van der Waals surface area contributed by atoms with Gasteiger partial charge in [-0.1, -0.05) is 26.3 Å². The molecule has 1 nitrogen and oxygen atoms in total. The Morgan fingerprint density at radius 1 is 1.38 bits per heavy atom. The molecule has 1 rings (SSSR count). The summed E-state index contributed by atoms with van der Waals surface area (Å²) >= 11 is 0. The van der Waals surface area contributed by atoms with Crippen molar-refractivity contribution in [3.05, 3.63) is 11.6 Å². The lowest BCUT2D eigenvalue weighted by Gasteiger charge is -2.14. The van der Waals surface area contributed by atoms with E-state index in [9.17, 15) is 4.79 Å². The summed E-state index contributed by atoms with van der Waals surface area (Å²) in [6, 6.07) is 0. The molecular weight excluding hydrogens is 160 g/mol. The highest BCUT2D eigenvalue weighted by atomic mass is 16.1. The van der Waals surface area contributed by atoms with E-state index in [1.54, 1.807) is 0 Å². The van der Waals surface area contributed by atoms with Crippen LogP contribution in [0.15, 0.2) is 11.6 Å². The van der Waals surface area contributed by atoms with Crippen LogP contribution in [0.2, 0.25) is 0 Å². The van der Waals surface area contributed by atoms with E-state index in [1.807, 2.05) is 0 Å². The predicted octanol–water partition coefficient (Wildman–Crippen LogP) is 3.49. The minimum absolute atomic E-state index is 0.397. The minimum Gasteiger partial charge on any atom is -0.295 e. The van der Waals surface area contributed by atoms with Gasteiger partial charge >= 0.3 is 0 Å². The molecule has 1 atom stereocenters. The molecule has 0 aromatic rings. The molecule has 1 fully saturated rings. The summed E-state index contributed by atoms with van der Waals surface area (Å²) < 4.78 is 0. The van der Waals surface area contributed by atoms with Crippen LogP contribution < -0.4 is 0 Å². The van der Waals surface area contributed by atoms with E-state index in [2.05, 4.69) is 19.9 Å². The van der Waals surface area contributed by atoms with E-state index in [0.29, 0.717) is 11.7 Å². The molecule has 1 aliphatic rings. The fourth-order valence-corrected chi connectivity index (χ4v) is 1.96. The molecule has 0 heterocycles. The molecule has 0 N–H and O–H groups in total. The zero-order chi connectivity index (χ0) is 9.68. The second-order valence-electron chi connectivity index (χ2n) is 4.09. The average molecular weight is 180 g/mol. The Morgan fingerprint density at radius 3 is 2.69 bits per heavy atom. The number of carbonyl (C=O) groups excluding carboxylic acids is 1. The van der Waals surface area contributed by atoms with Gasteiger partial charge in [0, 0.05) is 6.42 Å². The zero-order valence-electron chi connectivity index (χ0n) is 8.81. The van der Waals surface area contributed by atoms with E-state index in [4.69, 9.17) is 0 Å². The van der Waals surface area contributed by atoms with Crippen LogP contribution in [0.4, 0.5) is 0 Å². The topological polar surface area (TPSA) is 17.1 Å². The van der Waals surface area contributed by atoms with Crippen molar-refractivity contribution < 1.29 is 4.79 Å². The molecule has 0 aromatic carbocycles. The standard InChI is InChI=1S/C12H20O/c1-3-6-10(2)9-11-7-4-5-8-12(11)13/h9-10H,3-8H2,1-2H3. The number of ketones is 1. The van der Waals surface area contributed by atoms with Crippen LogP contribution in [-0.4, -0.2) is 5.78 Å².